The topological polar surface area (TPSA) is 26.3 Å². The Bertz CT molecular complexity index is 673. The van der Waals surface area contributed by atoms with Crippen LogP contribution in [-0.4, -0.2) is 27.1 Å². The van der Waals surface area contributed by atoms with Crippen LogP contribution in [0.4, 0.5) is 0 Å². The number of carbonyl (C=O) groups excluding carboxylic acids is 1. The molecule has 0 atom stereocenters. The van der Waals surface area contributed by atoms with Gasteiger partial charge in [0.05, 0.1) is 0 Å². The second kappa shape index (κ2) is 6.09. The Kier molecular flexibility index (Phi) is 4.01. The molecule has 20 heavy (non-hydrogen) atoms. The van der Waals surface area contributed by atoms with Gasteiger partial charge in [-0.15, -0.1) is 0 Å². The maximum absolute atomic E-state index is 12.1. The fraction of sp³-hybridized carbons (Fsp3) is 0. The summed E-state index contributed by atoms with van der Waals surface area (Å²) in [5.74, 6) is 0.917. The third-order valence-corrected chi connectivity index (χ3v) is 4.86. The summed E-state index contributed by atoms with van der Waals surface area (Å²) in [5.41, 5.74) is 1.78. The minimum absolute atomic E-state index is 0.0415. The van der Waals surface area contributed by atoms with Crippen LogP contribution in [0.5, 0.6) is 0 Å². The Morgan fingerprint density at radius 1 is 0.950 bits per heavy atom. The molecule has 3 heteroatoms. The van der Waals surface area contributed by atoms with Crippen LogP contribution in [0.25, 0.3) is 5.76 Å². The van der Waals surface area contributed by atoms with Crippen molar-refractivity contribution in [1.29, 1.82) is 0 Å². The van der Waals surface area contributed by atoms with E-state index < -0.39 is 21.3 Å². The number of ketones is 1. The van der Waals surface area contributed by atoms with Crippen molar-refractivity contribution >= 4 is 32.9 Å². The van der Waals surface area contributed by atoms with Gasteiger partial charge >= 0.3 is 128 Å². The van der Waals surface area contributed by atoms with Crippen molar-refractivity contribution in [2.45, 2.75) is 0 Å². The van der Waals surface area contributed by atoms with Gasteiger partial charge < -0.3 is 0 Å². The molecule has 2 aromatic rings. The Morgan fingerprint density at radius 3 is 2.30 bits per heavy atom. The molecule has 0 saturated carbocycles. The zero-order valence-corrected chi connectivity index (χ0v) is 13.0. The van der Waals surface area contributed by atoms with E-state index in [1.54, 1.807) is 6.08 Å². The molecule has 0 aromatic heterocycles. The molecule has 0 bridgehead atoms. The molecule has 3 rings (SSSR count). The molecular formula is C17H12O2Te. The summed E-state index contributed by atoms with van der Waals surface area (Å²) in [6.45, 7) is 0. The maximum atomic E-state index is 12.1. The SMILES string of the molecule is O=C(/C=C1/C=C(c2ccccc2)O[Te]1)c1ccccc1. The average molecular weight is 376 g/mol. The summed E-state index contributed by atoms with van der Waals surface area (Å²) >= 11 is -0.752. The van der Waals surface area contributed by atoms with Crippen LogP contribution in [0.1, 0.15) is 15.9 Å². The Balaban J connectivity index is 1.81. The predicted molar refractivity (Wildman–Crippen MR) is 80.1 cm³/mol. The summed E-state index contributed by atoms with van der Waals surface area (Å²) in [7, 11) is 0. The van der Waals surface area contributed by atoms with Crippen molar-refractivity contribution in [3.63, 3.8) is 0 Å². The summed E-state index contributed by atoms with van der Waals surface area (Å²) in [5, 5.41) is 0. The first-order valence-electron chi connectivity index (χ1n) is 6.26. The zero-order valence-electron chi connectivity index (χ0n) is 10.7. The van der Waals surface area contributed by atoms with Gasteiger partial charge in [0.15, 0.2) is 0 Å². The number of benzene rings is 2. The summed E-state index contributed by atoms with van der Waals surface area (Å²) in [6.07, 6.45) is 3.69. The van der Waals surface area contributed by atoms with E-state index in [2.05, 4.69) is 0 Å². The molecule has 0 aliphatic carbocycles. The van der Waals surface area contributed by atoms with Crippen molar-refractivity contribution in [3.8, 4) is 0 Å². The van der Waals surface area contributed by atoms with E-state index in [-0.39, 0.29) is 5.78 Å². The number of hydrogen-bond donors (Lipinski definition) is 0. The summed E-state index contributed by atoms with van der Waals surface area (Å²) < 4.78 is 6.79. The van der Waals surface area contributed by atoms with Gasteiger partial charge in [-0.1, -0.05) is 0 Å². The molecular weight excluding hydrogens is 364 g/mol. The Morgan fingerprint density at radius 2 is 1.60 bits per heavy atom. The van der Waals surface area contributed by atoms with E-state index in [1.165, 1.54) is 0 Å². The average Bonchev–Trinajstić information content (AvgIpc) is 2.97. The molecule has 98 valence electrons. The van der Waals surface area contributed by atoms with Gasteiger partial charge in [0, 0.05) is 0 Å². The van der Waals surface area contributed by atoms with Crippen LogP contribution >= 0.6 is 0 Å². The first-order valence-corrected chi connectivity index (χ1v) is 8.37. The van der Waals surface area contributed by atoms with Crippen LogP contribution in [0.15, 0.2) is 76.4 Å². The van der Waals surface area contributed by atoms with Gasteiger partial charge in [-0.3, -0.25) is 0 Å². The first kappa shape index (κ1) is 13.2. The predicted octanol–water partition coefficient (Wildman–Crippen LogP) is 3.44. The van der Waals surface area contributed by atoms with Crippen LogP contribution in [-0.2, 0) is 3.10 Å². The van der Waals surface area contributed by atoms with Gasteiger partial charge in [-0.2, -0.15) is 0 Å². The number of rotatable bonds is 3. The van der Waals surface area contributed by atoms with Gasteiger partial charge in [0.2, 0.25) is 0 Å². The van der Waals surface area contributed by atoms with Crippen molar-refractivity contribution in [2.24, 2.45) is 0 Å². The Labute approximate surface area is 128 Å². The van der Waals surface area contributed by atoms with Crippen LogP contribution < -0.4 is 0 Å². The van der Waals surface area contributed by atoms with E-state index >= 15 is 0 Å². The molecule has 1 aliphatic heterocycles. The van der Waals surface area contributed by atoms with Crippen molar-refractivity contribution < 1.29 is 7.90 Å². The molecule has 2 aromatic carbocycles. The molecule has 1 aliphatic rings. The van der Waals surface area contributed by atoms with E-state index in [0.717, 1.165) is 14.9 Å². The second-order valence-corrected chi connectivity index (χ2v) is 6.62. The number of hydrogen-bond acceptors (Lipinski definition) is 2. The van der Waals surface area contributed by atoms with Crippen LogP contribution in [0, 0.1) is 0 Å². The van der Waals surface area contributed by atoms with E-state index in [4.69, 9.17) is 3.10 Å². The number of carbonyl (C=O) groups is 1. The molecule has 0 N–H and O–H groups in total. The Hall–Kier alpha value is -1.82. The van der Waals surface area contributed by atoms with Gasteiger partial charge in [0.1, 0.15) is 0 Å². The summed E-state index contributed by atoms with van der Waals surface area (Å²) in [6, 6.07) is 19.3. The van der Waals surface area contributed by atoms with Crippen molar-refractivity contribution in [2.75, 3.05) is 0 Å². The molecule has 0 saturated heterocycles. The van der Waals surface area contributed by atoms with Crippen LogP contribution in [0.2, 0.25) is 0 Å². The molecule has 0 radical (unpaired) electrons. The standard InChI is InChI=1S/C17H12O2Te/c18-16(13-7-3-1-4-8-13)11-15-12-17(19-20-15)14-9-5-2-6-10-14/h1-12H/b15-11-. The van der Waals surface area contributed by atoms with E-state index in [0.29, 0.717) is 5.56 Å². The first-order chi connectivity index (χ1) is 9.83. The third kappa shape index (κ3) is 3.01. The van der Waals surface area contributed by atoms with Crippen molar-refractivity contribution in [1.82, 2.24) is 0 Å². The third-order valence-electron chi connectivity index (χ3n) is 2.89. The minimum atomic E-state index is -0.752. The van der Waals surface area contributed by atoms with Gasteiger partial charge in [-0.05, 0) is 0 Å². The van der Waals surface area contributed by atoms with Crippen LogP contribution in [0.3, 0.4) is 0 Å². The fourth-order valence-electron chi connectivity index (χ4n) is 1.88. The normalized spacial score (nSPS) is 15.8. The van der Waals surface area contributed by atoms with Crippen molar-refractivity contribution in [3.05, 3.63) is 87.6 Å². The monoisotopic (exact) mass is 378 g/mol. The quantitative estimate of drug-likeness (QED) is 0.466. The fourth-order valence-corrected chi connectivity index (χ4v) is 3.71. The molecule has 1 heterocycles. The van der Waals surface area contributed by atoms with Gasteiger partial charge in [0.25, 0.3) is 0 Å². The molecule has 0 amide bonds. The molecule has 2 nitrogen and oxygen atoms in total. The molecule has 0 unspecified atom stereocenters. The molecule has 0 fully saturated rings. The second-order valence-electron chi connectivity index (χ2n) is 4.32. The van der Waals surface area contributed by atoms with E-state index in [1.807, 2.05) is 66.7 Å². The number of allylic oxidation sites excluding steroid dienone is 3. The molecule has 0 spiro atoms. The van der Waals surface area contributed by atoms with E-state index in [9.17, 15) is 4.79 Å². The summed E-state index contributed by atoms with van der Waals surface area (Å²) in [4.78, 5) is 12.1. The van der Waals surface area contributed by atoms with Gasteiger partial charge in [-0.25, -0.2) is 0 Å². The zero-order chi connectivity index (χ0) is 13.8.